The van der Waals surface area contributed by atoms with Gasteiger partial charge in [0.2, 0.25) is 0 Å². The molecule has 5 nitrogen and oxygen atoms in total. The third kappa shape index (κ3) is 4.91. The number of carbonyl (C=O) groups excluding carboxylic acids is 1. The lowest BCUT2D eigenvalue weighted by molar-refractivity contribution is 0.0200. The Labute approximate surface area is 173 Å². The van der Waals surface area contributed by atoms with Gasteiger partial charge < -0.3 is 15.4 Å². The number of rotatable bonds is 5. The number of hydrogen-bond acceptors (Lipinski definition) is 3. The lowest BCUT2D eigenvalue weighted by Crippen LogP contribution is -2.56. The van der Waals surface area contributed by atoms with Crippen LogP contribution in [0.4, 0.5) is 10.5 Å². The van der Waals surface area contributed by atoms with Gasteiger partial charge in [0, 0.05) is 36.4 Å². The van der Waals surface area contributed by atoms with Crippen LogP contribution in [0, 0.1) is 6.92 Å². The number of piperidine rings is 2. The van der Waals surface area contributed by atoms with Crippen molar-refractivity contribution in [1.82, 2.24) is 10.2 Å². The highest BCUT2D eigenvalue weighted by atomic mass is 16.5. The Balaban J connectivity index is 1.35. The van der Waals surface area contributed by atoms with E-state index in [1.165, 1.54) is 30.4 Å². The number of urea groups is 1. The van der Waals surface area contributed by atoms with E-state index in [1.54, 1.807) is 7.11 Å². The predicted octanol–water partition coefficient (Wildman–Crippen LogP) is 4.71. The fourth-order valence-corrected chi connectivity index (χ4v) is 4.81. The Bertz CT molecular complexity index is 822. The first-order valence-corrected chi connectivity index (χ1v) is 10.6. The summed E-state index contributed by atoms with van der Waals surface area (Å²) in [5.74, 6) is 0.738. The van der Waals surface area contributed by atoms with Crippen LogP contribution in [0.25, 0.3) is 0 Å². The van der Waals surface area contributed by atoms with E-state index in [2.05, 4.69) is 46.7 Å². The molecular formula is C24H31N3O2. The molecule has 2 aromatic carbocycles. The van der Waals surface area contributed by atoms with Crippen molar-refractivity contribution in [2.24, 2.45) is 0 Å². The Hall–Kier alpha value is -2.53. The molecule has 2 amide bonds. The summed E-state index contributed by atoms with van der Waals surface area (Å²) in [6.07, 6.45) is 5.78. The summed E-state index contributed by atoms with van der Waals surface area (Å²) >= 11 is 0. The second-order valence-corrected chi connectivity index (χ2v) is 8.40. The van der Waals surface area contributed by atoms with Gasteiger partial charge in [-0.1, -0.05) is 42.3 Å². The van der Waals surface area contributed by atoms with Crippen LogP contribution in [0.3, 0.4) is 0 Å². The SMILES string of the molecule is COc1cccc(NC(=O)NC2C[C@H]3CCC[C@H](C2)N3Cc2ccc(C)cc2)c1. The number of hydrogen-bond donors (Lipinski definition) is 2. The second-order valence-electron chi connectivity index (χ2n) is 8.40. The van der Waals surface area contributed by atoms with Gasteiger partial charge in [-0.05, 0) is 50.3 Å². The third-order valence-electron chi connectivity index (χ3n) is 6.27. The van der Waals surface area contributed by atoms with Crippen LogP contribution >= 0.6 is 0 Å². The molecule has 0 unspecified atom stereocenters. The van der Waals surface area contributed by atoms with Gasteiger partial charge >= 0.3 is 6.03 Å². The highest BCUT2D eigenvalue weighted by Gasteiger charge is 2.38. The van der Waals surface area contributed by atoms with Gasteiger partial charge in [-0.2, -0.15) is 0 Å². The molecule has 2 N–H and O–H groups in total. The zero-order valence-corrected chi connectivity index (χ0v) is 17.4. The standard InChI is InChI=1S/C24H31N3O2/c1-17-9-11-18(12-10-17)16-27-21-6-4-7-22(27)14-20(13-21)26-24(28)25-19-5-3-8-23(15-19)29-2/h3,5,8-12,15,20-22H,4,6-7,13-14,16H2,1-2H3,(H2,25,26,28)/t21-,22-/m1/s1. The highest BCUT2D eigenvalue weighted by Crippen LogP contribution is 2.35. The van der Waals surface area contributed by atoms with Crippen LogP contribution in [0.2, 0.25) is 0 Å². The number of aryl methyl sites for hydroxylation is 1. The normalized spacial score (nSPS) is 24.0. The van der Waals surface area contributed by atoms with Gasteiger partial charge in [0.05, 0.1) is 7.11 Å². The fraction of sp³-hybridized carbons (Fsp3) is 0.458. The predicted molar refractivity (Wildman–Crippen MR) is 116 cm³/mol. The van der Waals surface area contributed by atoms with Crippen LogP contribution in [0.5, 0.6) is 5.75 Å². The number of fused-ring (bicyclic) bond motifs is 2. The number of methoxy groups -OCH3 is 1. The molecule has 2 aliphatic heterocycles. The lowest BCUT2D eigenvalue weighted by Gasteiger charge is -2.49. The van der Waals surface area contributed by atoms with Crippen LogP contribution in [-0.2, 0) is 6.54 Å². The maximum absolute atomic E-state index is 12.5. The van der Waals surface area contributed by atoms with E-state index < -0.39 is 0 Å². The summed E-state index contributed by atoms with van der Waals surface area (Å²) in [5, 5.41) is 6.15. The Morgan fingerprint density at radius 2 is 1.83 bits per heavy atom. The molecule has 4 rings (SSSR count). The number of ether oxygens (including phenoxy) is 1. The molecule has 2 bridgehead atoms. The highest BCUT2D eigenvalue weighted by molar-refractivity contribution is 5.89. The second kappa shape index (κ2) is 8.87. The van der Waals surface area contributed by atoms with Crippen molar-refractivity contribution in [2.75, 3.05) is 12.4 Å². The van der Waals surface area contributed by atoms with Crippen molar-refractivity contribution in [2.45, 2.75) is 63.7 Å². The minimum absolute atomic E-state index is 0.131. The van der Waals surface area contributed by atoms with Crippen molar-refractivity contribution >= 4 is 11.7 Å². The van der Waals surface area contributed by atoms with Crippen molar-refractivity contribution in [3.8, 4) is 5.75 Å². The maximum atomic E-state index is 12.5. The van der Waals surface area contributed by atoms with E-state index in [0.29, 0.717) is 12.1 Å². The van der Waals surface area contributed by atoms with Gasteiger partial charge in [0.25, 0.3) is 0 Å². The molecule has 29 heavy (non-hydrogen) atoms. The van der Waals surface area contributed by atoms with Crippen LogP contribution in [-0.4, -0.2) is 36.2 Å². The number of nitrogens with one attached hydrogen (secondary N) is 2. The monoisotopic (exact) mass is 393 g/mol. The maximum Gasteiger partial charge on any atom is 0.319 e. The summed E-state index contributed by atoms with van der Waals surface area (Å²) in [6, 6.07) is 17.5. The molecule has 0 aromatic heterocycles. The summed E-state index contributed by atoms with van der Waals surface area (Å²) in [5.41, 5.74) is 3.44. The zero-order chi connectivity index (χ0) is 20.2. The Morgan fingerprint density at radius 1 is 1.10 bits per heavy atom. The van der Waals surface area contributed by atoms with Gasteiger partial charge in [-0.15, -0.1) is 0 Å². The first kappa shape index (κ1) is 19.8. The van der Waals surface area contributed by atoms with Crippen molar-refractivity contribution in [3.05, 3.63) is 59.7 Å². The quantitative estimate of drug-likeness (QED) is 0.773. The summed E-state index contributed by atoms with van der Waals surface area (Å²) in [7, 11) is 1.63. The molecule has 2 atom stereocenters. The van der Waals surface area contributed by atoms with Gasteiger partial charge in [0.1, 0.15) is 5.75 Å². The van der Waals surface area contributed by atoms with Gasteiger partial charge in [0.15, 0.2) is 0 Å². The third-order valence-corrected chi connectivity index (χ3v) is 6.27. The molecule has 2 aliphatic rings. The molecule has 0 saturated carbocycles. The smallest absolute Gasteiger partial charge is 0.319 e. The van der Waals surface area contributed by atoms with Gasteiger partial charge in [-0.25, -0.2) is 4.79 Å². The molecule has 154 valence electrons. The topological polar surface area (TPSA) is 53.6 Å². The van der Waals surface area contributed by atoms with Crippen molar-refractivity contribution in [3.63, 3.8) is 0 Å². The molecular weight excluding hydrogens is 362 g/mol. The average Bonchev–Trinajstić information content (AvgIpc) is 2.70. The van der Waals surface area contributed by atoms with E-state index in [0.717, 1.165) is 30.8 Å². The molecule has 2 aromatic rings. The number of amides is 2. The Morgan fingerprint density at radius 3 is 2.52 bits per heavy atom. The molecule has 0 spiro atoms. The first-order chi connectivity index (χ1) is 14.1. The van der Waals surface area contributed by atoms with Crippen LogP contribution in [0.1, 0.15) is 43.2 Å². The number of carbonyl (C=O) groups is 1. The number of benzene rings is 2. The summed E-state index contributed by atoms with van der Waals surface area (Å²) in [6.45, 7) is 3.14. The number of anilines is 1. The minimum atomic E-state index is -0.131. The number of nitrogens with zero attached hydrogens (tertiary/aromatic N) is 1. The van der Waals surface area contributed by atoms with Crippen LogP contribution < -0.4 is 15.4 Å². The fourth-order valence-electron chi connectivity index (χ4n) is 4.81. The van der Waals surface area contributed by atoms with E-state index in [4.69, 9.17) is 4.74 Å². The largest absolute Gasteiger partial charge is 0.497 e. The zero-order valence-electron chi connectivity index (χ0n) is 17.4. The summed E-state index contributed by atoms with van der Waals surface area (Å²) < 4.78 is 5.23. The van der Waals surface area contributed by atoms with E-state index in [1.807, 2.05) is 24.3 Å². The van der Waals surface area contributed by atoms with E-state index in [9.17, 15) is 4.79 Å². The minimum Gasteiger partial charge on any atom is -0.497 e. The molecule has 2 saturated heterocycles. The Kier molecular flexibility index (Phi) is 6.05. The van der Waals surface area contributed by atoms with E-state index in [-0.39, 0.29) is 12.1 Å². The van der Waals surface area contributed by atoms with Gasteiger partial charge in [-0.3, -0.25) is 4.90 Å². The molecule has 0 aliphatic carbocycles. The first-order valence-electron chi connectivity index (χ1n) is 10.6. The van der Waals surface area contributed by atoms with Crippen molar-refractivity contribution in [1.29, 1.82) is 0 Å². The molecule has 5 heteroatoms. The van der Waals surface area contributed by atoms with Crippen LogP contribution in [0.15, 0.2) is 48.5 Å². The lowest BCUT2D eigenvalue weighted by atomic mass is 9.81. The van der Waals surface area contributed by atoms with Crippen molar-refractivity contribution < 1.29 is 9.53 Å². The molecule has 2 fully saturated rings. The summed E-state index contributed by atoms with van der Waals surface area (Å²) in [4.78, 5) is 15.2. The van der Waals surface area contributed by atoms with E-state index >= 15 is 0 Å². The molecule has 0 radical (unpaired) electrons. The average molecular weight is 394 g/mol. The molecule has 2 heterocycles.